The van der Waals surface area contributed by atoms with Crippen LogP contribution in [0, 0.1) is 11.8 Å². The van der Waals surface area contributed by atoms with E-state index in [1.807, 2.05) is 54.6 Å². The summed E-state index contributed by atoms with van der Waals surface area (Å²) in [7, 11) is 0. The molecular weight excluding hydrogens is 402 g/mol. The summed E-state index contributed by atoms with van der Waals surface area (Å²) in [6.45, 7) is 0. The lowest BCUT2D eigenvalue weighted by Gasteiger charge is -2.43. The Kier molecular flexibility index (Phi) is 4.15. The Morgan fingerprint density at radius 2 is 1.25 bits per heavy atom. The molecule has 0 spiro atoms. The van der Waals surface area contributed by atoms with Gasteiger partial charge < -0.3 is 0 Å². The Labute approximate surface area is 184 Å². The van der Waals surface area contributed by atoms with Crippen LogP contribution in [0.5, 0.6) is 0 Å². The molecule has 2 fully saturated rings. The number of hydrogen-bond acceptors (Lipinski definition) is 5. The summed E-state index contributed by atoms with van der Waals surface area (Å²) in [6, 6.07) is 24.0. The van der Waals surface area contributed by atoms with Gasteiger partial charge in [0, 0.05) is 12.3 Å². The van der Waals surface area contributed by atoms with E-state index in [4.69, 9.17) is 0 Å². The van der Waals surface area contributed by atoms with Gasteiger partial charge in [0.1, 0.15) is 5.78 Å². The molecule has 1 saturated heterocycles. The first-order valence-electron chi connectivity index (χ1n) is 10.7. The third-order valence-electron chi connectivity index (χ3n) is 6.83. The zero-order valence-corrected chi connectivity index (χ0v) is 17.1. The third kappa shape index (κ3) is 2.69. The third-order valence-corrected chi connectivity index (χ3v) is 6.83. The Hall–Kier alpha value is -3.93. The van der Waals surface area contributed by atoms with Crippen LogP contribution in [0.4, 0.5) is 17.1 Å². The molecule has 3 aromatic rings. The summed E-state index contributed by atoms with van der Waals surface area (Å²) >= 11 is 0. The zero-order valence-electron chi connectivity index (χ0n) is 17.1. The minimum Gasteiger partial charge on any atom is -0.299 e. The van der Waals surface area contributed by atoms with E-state index < -0.39 is 17.8 Å². The van der Waals surface area contributed by atoms with Gasteiger partial charge in [0.25, 0.3) is 0 Å². The lowest BCUT2D eigenvalue weighted by molar-refractivity contribution is -0.134. The molecule has 156 valence electrons. The number of benzene rings is 3. The molecule has 32 heavy (non-hydrogen) atoms. The maximum atomic E-state index is 13.4. The van der Waals surface area contributed by atoms with Crippen LogP contribution in [0.25, 0.3) is 0 Å². The number of rotatable bonds is 3. The fourth-order valence-electron chi connectivity index (χ4n) is 5.49. The molecule has 6 nitrogen and oxygen atoms in total. The van der Waals surface area contributed by atoms with E-state index in [1.54, 1.807) is 24.3 Å². The van der Waals surface area contributed by atoms with Crippen LogP contribution >= 0.6 is 0 Å². The predicted molar refractivity (Wildman–Crippen MR) is 118 cm³/mol. The van der Waals surface area contributed by atoms with Crippen LogP contribution in [0.3, 0.4) is 0 Å². The highest BCUT2D eigenvalue weighted by molar-refractivity contribution is 6.24. The average Bonchev–Trinajstić information content (AvgIpc) is 3.10. The van der Waals surface area contributed by atoms with Crippen molar-refractivity contribution in [1.82, 2.24) is 0 Å². The van der Waals surface area contributed by atoms with Gasteiger partial charge in [-0.1, -0.05) is 42.5 Å². The quantitative estimate of drug-likeness (QED) is 0.438. The zero-order chi connectivity index (χ0) is 21.8. The van der Waals surface area contributed by atoms with Crippen molar-refractivity contribution in [2.24, 2.45) is 22.1 Å². The number of nitrogens with zero attached hydrogens (tertiary/aromatic N) is 3. The van der Waals surface area contributed by atoms with Crippen molar-refractivity contribution in [1.29, 1.82) is 0 Å². The van der Waals surface area contributed by atoms with Gasteiger partial charge in [0.05, 0.1) is 34.8 Å². The van der Waals surface area contributed by atoms with Gasteiger partial charge in [0.15, 0.2) is 0 Å². The Bertz CT molecular complexity index is 1280. The van der Waals surface area contributed by atoms with Gasteiger partial charge in [-0.25, -0.2) is 0 Å². The maximum absolute atomic E-state index is 13.4. The molecular formula is C26H19N3O3. The molecule has 6 heteroatoms. The van der Waals surface area contributed by atoms with E-state index in [1.165, 1.54) is 4.90 Å². The summed E-state index contributed by atoms with van der Waals surface area (Å²) in [6.07, 6.45) is 0.328. The van der Waals surface area contributed by atoms with Crippen molar-refractivity contribution in [3.8, 4) is 0 Å². The molecule has 1 aliphatic heterocycles. The van der Waals surface area contributed by atoms with Crippen molar-refractivity contribution in [3.63, 3.8) is 0 Å². The second-order valence-electron chi connectivity index (χ2n) is 8.50. The van der Waals surface area contributed by atoms with Crippen molar-refractivity contribution in [3.05, 3.63) is 90.0 Å². The predicted octanol–water partition coefficient (Wildman–Crippen LogP) is 5.06. The summed E-state index contributed by atoms with van der Waals surface area (Å²) in [5.74, 6) is -2.27. The summed E-state index contributed by atoms with van der Waals surface area (Å²) < 4.78 is 0. The van der Waals surface area contributed by atoms with Gasteiger partial charge in [0.2, 0.25) is 11.8 Å². The molecule has 4 atom stereocenters. The topological polar surface area (TPSA) is 79.2 Å². The molecule has 0 N–H and O–H groups in total. The van der Waals surface area contributed by atoms with Crippen LogP contribution in [0.15, 0.2) is 89.1 Å². The maximum Gasteiger partial charge on any atom is 0.238 e. The normalized spacial score (nSPS) is 26.0. The number of azo groups is 1. The fraction of sp³-hybridized carbons (Fsp3) is 0.192. The van der Waals surface area contributed by atoms with E-state index >= 15 is 0 Å². The standard InChI is InChI=1S/C26H19N3O3/c30-21-14-20-18-8-4-5-9-19(18)22(21)24-23(20)25(31)29(26(24)32)17-12-10-16(11-13-17)28-27-15-6-2-1-3-7-15/h1-13,20,22-24H,14H2/t20-,22-,23+,24-/m0/s1. The van der Waals surface area contributed by atoms with Gasteiger partial charge in [-0.15, -0.1) is 0 Å². The number of carbonyl (C=O) groups excluding carboxylic acids is 3. The van der Waals surface area contributed by atoms with Crippen LogP contribution in [-0.4, -0.2) is 17.6 Å². The molecule has 2 amide bonds. The van der Waals surface area contributed by atoms with Crippen molar-refractivity contribution in [2.75, 3.05) is 4.90 Å². The lowest BCUT2D eigenvalue weighted by Crippen LogP contribution is -2.44. The summed E-state index contributed by atoms with van der Waals surface area (Å²) in [4.78, 5) is 40.9. The van der Waals surface area contributed by atoms with Crippen molar-refractivity contribution >= 4 is 34.7 Å². The Morgan fingerprint density at radius 1 is 0.656 bits per heavy atom. The van der Waals surface area contributed by atoms with E-state index in [9.17, 15) is 14.4 Å². The lowest BCUT2D eigenvalue weighted by atomic mass is 9.56. The smallest absolute Gasteiger partial charge is 0.238 e. The fourth-order valence-corrected chi connectivity index (χ4v) is 5.49. The van der Waals surface area contributed by atoms with Gasteiger partial charge in [-0.05, 0) is 47.5 Å². The molecule has 3 aliphatic carbocycles. The number of imide groups is 1. The molecule has 7 rings (SSSR count). The Balaban J connectivity index is 1.31. The molecule has 2 bridgehead atoms. The number of fused-ring (bicyclic) bond motifs is 1. The molecule has 1 saturated carbocycles. The SMILES string of the molecule is O=C1C[C@H]2c3ccccc3[C@@H]1[C@@H]1C(=O)N(c3ccc(N=Nc4ccccc4)cc3)C(=O)[C@@H]12. The molecule has 0 unspecified atom stereocenters. The van der Waals surface area contributed by atoms with Crippen molar-refractivity contribution < 1.29 is 14.4 Å². The van der Waals surface area contributed by atoms with Gasteiger partial charge >= 0.3 is 0 Å². The highest BCUT2D eigenvalue weighted by Gasteiger charge is 2.62. The Morgan fingerprint density at radius 3 is 1.97 bits per heavy atom. The second-order valence-corrected chi connectivity index (χ2v) is 8.50. The minimum atomic E-state index is -0.610. The molecule has 3 aromatic carbocycles. The van der Waals surface area contributed by atoms with E-state index in [-0.39, 0.29) is 23.5 Å². The number of carbonyl (C=O) groups is 3. The van der Waals surface area contributed by atoms with Crippen LogP contribution in [0.2, 0.25) is 0 Å². The highest BCUT2D eigenvalue weighted by atomic mass is 16.2. The molecule has 0 radical (unpaired) electrons. The first-order valence-corrected chi connectivity index (χ1v) is 10.7. The number of anilines is 1. The second kappa shape index (κ2) is 7.05. The summed E-state index contributed by atoms with van der Waals surface area (Å²) in [5, 5.41) is 8.41. The van der Waals surface area contributed by atoms with Crippen molar-refractivity contribution in [2.45, 2.75) is 18.3 Å². The van der Waals surface area contributed by atoms with E-state index in [2.05, 4.69) is 10.2 Å². The van der Waals surface area contributed by atoms with Crippen LogP contribution < -0.4 is 4.90 Å². The van der Waals surface area contributed by atoms with Crippen LogP contribution in [-0.2, 0) is 14.4 Å². The first kappa shape index (κ1) is 18.8. The minimum absolute atomic E-state index is 0.0645. The average molecular weight is 421 g/mol. The number of hydrogen-bond donors (Lipinski definition) is 0. The van der Waals surface area contributed by atoms with E-state index in [0.717, 1.165) is 16.8 Å². The molecule has 4 aliphatic rings. The number of amides is 2. The highest BCUT2D eigenvalue weighted by Crippen LogP contribution is 2.57. The van der Waals surface area contributed by atoms with Gasteiger partial charge in [-0.2, -0.15) is 10.2 Å². The molecule has 0 aromatic heterocycles. The largest absolute Gasteiger partial charge is 0.299 e. The van der Waals surface area contributed by atoms with Crippen LogP contribution in [0.1, 0.15) is 29.4 Å². The van der Waals surface area contributed by atoms with Gasteiger partial charge in [-0.3, -0.25) is 19.3 Å². The number of ketones is 1. The summed E-state index contributed by atoms with van der Waals surface area (Å²) in [5.41, 5.74) is 3.82. The number of Topliss-reactive ketones (excluding diaryl/α,β-unsaturated/α-hetero) is 1. The first-order chi connectivity index (χ1) is 15.6. The monoisotopic (exact) mass is 421 g/mol. The van der Waals surface area contributed by atoms with E-state index in [0.29, 0.717) is 17.8 Å². The molecule has 1 heterocycles.